The number of para-hydroxylation sites is 1. The summed E-state index contributed by atoms with van der Waals surface area (Å²) < 4.78 is 13.7. The number of nitrogens with zero attached hydrogens (tertiary/aromatic N) is 2. The molecule has 2 N–H and O–H groups in total. The minimum atomic E-state index is -0.443. The number of aromatic nitrogens is 1. The molecule has 0 bridgehead atoms. The van der Waals surface area contributed by atoms with Crippen molar-refractivity contribution in [1.29, 1.82) is 0 Å². The van der Waals surface area contributed by atoms with Gasteiger partial charge in [-0.2, -0.15) is 0 Å². The van der Waals surface area contributed by atoms with E-state index in [4.69, 9.17) is 5.73 Å². The molecule has 1 heterocycles. The van der Waals surface area contributed by atoms with Gasteiger partial charge in [-0.3, -0.25) is 4.79 Å². The highest BCUT2D eigenvalue weighted by molar-refractivity contribution is 6.06. The average molecular weight is 273 g/mol. The lowest BCUT2D eigenvalue weighted by Crippen LogP contribution is -2.27. The van der Waals surface area contributed by atoms with Gasteiger partial charge in [-0.1, -0.05) is 19.1 Å². The van der Waals surface area contributed by atoms with E-state index < -0.39 is 5.82 Å². The molecule has 0 aliphatic carbocycles. The second-order valence-electron chi connectivity index (χ2n) is 4.44. The van der Waals surface area contributed by atoms with Gasteiger partial charge in [0.25, 0.3) is 5.91 Å². The normalized spacial score (nSPS) is 10.3. The first-order chi connectivity index (χ1) is 9.52. The lowest BCUT2D eigenvalue weighted by molar-refractivity contribution is 0.0992. The molecule has 0 unspecified atom stereocenters. The maximum absolute atomic E-state index is 13.7. The third-order valence-electron chi connectivity index (χ3n) is 3.03. The summed E-state index contributed by atoms with van der Waals surface area (Å²) in [6.07, 6.45) is 0.675. The minimum Gasteiger partial charge on any atom is -0.384 e. The fraction of sp³-hybridized carbons (Fsp3) is 0.200. The van der Waals surface area contributed by atoms with Crippen LogP contribution in [0.3, 0.4) is 0 Å². The van der Waals surface area contributed by atoms with E-state index in [2.05, 4.69) is 4.98 Å². The monoisotopic (exact) mass is 273 g/mol. The SMILES string of the molecule is CCc1cc(C(=O)N(C)c2ccccc2F)cc(N)n1. The largest absolute Gasteiger partial charge is 0.384 e. The van der Waals surface area contributed by atoms with Gasteiger partial charge in [-0.25, -0.2) is 9.37 Å². The number of benzene rings is 1. The molecule has 4 nitrogen and oxygen atoms in total. The van der Waals surface area contributed by atoms with Crippen molar-refractivity contribution in [2.24, 2.45) is 0 Å². The molecule has 0 radical (unpaired) electrons. The van der Waals surface area contributed by atoms with Crippen molar-refractivity contribution in [3.63, 3.8) is 0 Å². The molecule has 0 spiro atoms. The van der Waals surface area contributed by atoms with Crippen molar-refractivity contribution in [1.82, 2.24) is 4.98 Å². The summed E-state index contributed by atoms with van der Waals surface area (Å²) in [6, 6.07) is 9.31. The molecule has 104 valence electrons. The van der Waals surface area contributed by atoms with E-state index in [0.717, 1.165) is 5.69 Å². The van der Waals surface area contributed by atoms with Crippen LogP contribution in [0.2, 0.25) is 0 Å². The predicted octanol–water partition coefficient (Wildman–Crippen LogP) is 2.64. The molecule has 1 amide bonds. The third-order valence-corrected chi connectivity index (χ3v) is 3.03. The van der Waals surface area contributed by atoms with Gasteiger partial charge in [-0.05, 0) is 30.7 Å². The smallest absolute Gasteiger partial charge is 0.258 e. The zero-order chi connectivity index (χ0) is 14.7. The maximum atomic E-state index is 13.7. The number of nitrogen functional groups attached to an aromatic ring is 1. The lowest BCUT2D eigenvalue weighted by Gasteiger charge is -2.18. The topological polar surface area (TPSA) is 59.2 Å². The first kappa shape index (κ1) is 14.0. The summed E-state index contributed by atoms with van der Waals surface area (Å²) in [5.74, 6) is -0.477. The van der Waals surface area contributed by atoms with E-state index in [1.165, 1.54) is 24.1 Å². The van der Waals surface area contributed by atoms with Crippen LogP contribution in [0, 0.1) is 5.82 Å². The first-order valence-corrected chi connectivity index (χ1v) is 6.32. The van der Waals surface area contributed by atoms with Crippen LogP contribution in [0.25, 0.3) is 0 Å². The molecule has 2 rings (SSSR count). The fourth-order valence-electron chi connectivity index (χ4n) is 1.94. The molecule has 0 aliphatic rings. The number of amides is 1. The Kier molecular flexibility index (Phi) is 3.98. The highest BCUT2D eigenvalue weighted by atomic mass is 19.1. The number of aryl methyl sites for hydroxylation is 1. The molecule has 1 aromatic heterocycles. The summed E-state index contributed by atoms with van der Waals surface area (Å²) in [6.45, 7) is 1.93. The number of halogens is 1. The maximum Gasteiger partial charge on any atom is 0.258 e. The Morgan fingerprint density at radius 3 is 2.70 bits per heavy atom. The van der Waals surface area contributed by atoms with Crippen molar-refractivity contribution >= 4 is 17.4 Å². The number of anilines is 2. The summed E-state index contributed by atoms with van der Waals surface area (Å²) in [5, 5.41) is 0. The molecule has 5 heteroatoms. The van der Waals surface area contributed by atoms with Crippen LogP contribution in [-0.2, 0) is 6.42 Å². The van der Waals surface area contributed by atoms with Gasteiger partial charge in [0.1, 0.15) is 11.6 Å². The van der Waals surface area contributed by atoms with Gasteiger partial charge >= 0.3 is 0 Å². The van der Waals surface area contributed by atoms with E-state index in [0.29, 0.717) is 12.0 Å². The Morgan fingerprint density at radius 2 is 2.05 bits per heavy atom. The molecule has 0 fully saturated rings. The van der Waals surface area contributed by atoms with Gasteiger partial charge in [0.2, 0.25) is 0 Å². The van der Waals surface area contributed by atoms with E-state index >= 15 is 0 Å². The number of hydrogen-bond donors (Lipinski definition) is 1. The molecule has 0 aliphatic heterocycles. The fourth-order valence-corrected chi connectivity index (χ4v) is 1.94. The molecular formula is C15H16FN3O. The Bertz CT molecular complexity index is 643. The van der Waals surface area contributed by atoms with Crippen LogP contribution < -0.4 is 10.6 Å². The highest BCUT2D eigenvalue weighted by Gasteiger charge is 2.17. The van der Waals surface area contributed by atoms with Crippen molar-refractivity contribution in [3.8, 4) is 0 Å². The van der Waals surface area contributed by atoms with E-state index in [-0.39, 0.29) is 17.4 Å². The standard InChI is InChI=1S/C15H16FN3O/c1-3-11-8-10(9-14(17)18-11)15(20)19(2)13-7-5-4-6-12(13)16/h4-9H,3H2,1-2H3,(H2,17,18). The van der Waals surface area contributed by atoms with Crippen molar-refractivity contribution in [2.75, 3.05) is 17.7 Å². The van der Waals surface area contributed by atoms with Crippen LogP contribution in [0.15, 0.2) is 36.4 Å². The summed E-state index contributed by atoms with van der Waals surface area (Å²) in [5.41, 5.74) is 7.05. The van der Waals surface area contributed by atoms with Gasteiger partial charge in [-0.15, -0.1) is 0 Å². The number of hydrogen-bond acceptors (Lipinski definition) is 3. The molecule has 2 aromatic rings. The quantitative estimate of drug-likeness (QED) is 0.935. The number of carbonyl (C=O) groups is 1. The van der Waals surface area contributed by atoms with Crippen LogP contribution in [0.1, 0.15) is 23.0 Å². The number of nitrogens with two attached hydrogens (primary N) is 1. The Morgan fingerprint density at radius 1 is 1.35 bits per heavy atom. The van der Waals surface area contributed by atoms with E-state index in [1.54, 1.807) is 24.3 Å². The second-order valence-corrected chi connectivity index (χ2v) is 4.44. The number of pyridine rings is 1. The van der Waals surface area contributed by atoms with Crippen molar-refractivity contribution in [3.05, 3.63) is 53.5 Å². The second kappa shape index (κ2) is 5.69. The van der Waals surface area contributed by atoms with Gasteiger partial charge in [0.05, 0.1) is 5.69 Å². The molecule has 0 saturated heterocycles. The molecule has 20 heavy (non-hydrogen) atoms. The summed E-state index contributed by atoms with van der Waals surface area (Å²) in [4.78, 5) is 17.8. The van der Waals surface area contributed by atoms with Crippen molar-refractivity contribution < 1.29 is 9.18 Å². The van der Waals surface area contributed by atoms with E-state index in [9.17, 15) is 9.18 Å². The average Bonchev–Trinajstić information content (AvgIpc) is 2.45. The zero-order valence-corrected chi connectivity index (χ0v) is 11.4. The predicted molar refractivity (Wildman–Crippen MR) is 77.2 cm³/mol. The molecule has 0 saturated carbocycles. The minimum absolute atomic E-state index is 0.228. The van der Waals surface area contributed by atoms with E-state index in [1.807, 2.05) is 6.92 Å². The molecule has 1 aromatic carbocycles. The van der Waals surface area contributed by atoms with Crippen LogP contribution in [-0.4, -0.2) is 17.9 Å². The zero-order valence-electron chi connectivity index (χ0n) is 11.4. The Balaban J connectivity index is 2.36. The first-order valence-electron chi connectivity index (χ1n) is 6.32. The Hall–Kier alpha value is -2.43. The number of carbonyl (C=O) groups excluding carboxylic acids is 1. The van der Waals surface area contributed by atoms with Gasteiger partial charge < -0.3 is 10.6 Å². The Labute approximate surface area is 117 Å². The molecular weight excluding hydrogens is 257 g/mol. The highest BCUT2D eigenvalue weighted by Crippen LogP contribution is 2.20. The molecule has 0 atom stereocenters. The lowest BCUT2D eigenvalue weighted by atomic mass is 10.1. The van der Waals surface area contributed by atoms with Crippen molar-refractivity contribution in [2.45, 2.75) is 13.3 Å². The van der Waals surface area contributed by atoms with Crippen LogP contribution >= 0.6 is 0 Å². The van der Waals surface area contributed by atoms with Crippen LogP contribution in [0.5, 0.6) is 0 Å². The number of rotatable bonds is 3. The van der Waals surface area contributed by atoms with Gasteiger partial charge in [0.15, 0.2) is 0 Å². The van der Waals surface area contributed by atoms with Crippen LogP contribution in [0.4, 0.5) is 15.9 Å². The van der Waals surface area contributed by atoms with Gasteiger partial charge in [0, 0.05) is 18.3 Å². The summed E-state index contributed by atoms with van der Waals surface area (Å²) >= 11 is 0. The third kappa shape index (κ3) is 2.77. The summed E-state index contributed by atoms with van der Waals surface area (Å²) in [7, 11) is 1.53.